The molecule has 2 rings (SSSR count). The summed E-state index contributed by atoms with van der Waals surface area (Å²) in [5.41, 5.74) is 0.791. The van der Waals surface area contributed by atoms with Crippen LogP contribution in [0.15, 0.2) is 24.3 Å². The fourth-order valence-corrected chi connectivity index (χ4v) is 2.28. The standard InChI is InChI=1S/C15H22N2O2/c1-2-11-19-14-9-7-13(8-10-14)17-15(18)16-12-5-3-4-6-12/h7-10,12H,2-6,11H2,1H3,(H2,16,17,18). The van der Waals surface area contributed by atoms with E-state index in [1.807, 2.05) is 24.3 Å². The van der Waals surface area contributed by atoms with Crippen molar-refractivity contribution in [3.63, 3.8) is 0 Å². The molecule has 0 radical (unpaired) electrons. The Morgan fingerprint density at radius 2 is 1.95 bits per heavy atom. The number of rotatable bonds is 5. The number of nitrogens with one attached hydrogen (secondary N) is 2. The SMILES string of the molecule is CCCOc1ccc(NC(=O)NC2CCCC2)cc1. The van der Waals surface area contributed by atoms with Gasteiger partial charge in [0.15, 0.2) is 0 Å². The van der Waals surface area contributed by atoms with Gasteiger partial charge in [0.2, 0.25) is 0 Å². The van der Waals surface area contributed by atoms with E-state index in [0.717, 1.165) is 37.3 Å². The summed E-state index contributed by atoms with van der Waals surface area (Å²) in [5, 5.41) is 5.84. The summed E-state index contributed by atoms with van der Waals surface area (Å²) in [5.74, 6) is 0.837. The maximum atomic E-state index is 11.8. The zero-order valence-electron chi connectivity index (χ0n) is 11.4. The monoisotopic (exact) mass is 262 g/mol. The second-order valence-corrected chi connectivity index (χ2v) is 4.95. The van der Waals surface area contributed by atoms with Gasteiger partial charge in [-0.25, -0.2) is 4.79 Å². The van der Waals surface area contributed by atoms with E-state index in [-0.39, 0.29) is 6.03 Å². The van der Waals surface area contributed by atoms with Crippen LogP contribution in [0.2, 0.25) is 0 Å². The maximum absolute atomic E-state index is 11.8. The van der Waals surface area contributed by atoms with Crippen LogP contribution < -0.4 is 15.4 Å². The van der Waals surface area contributed by atoms with Crippen LogP contribution in [-0.2, 0) is 0 Å². The van der Waals surface area contributed by atoms with Gasteiger partial charge in [-0.1, -0.05) is 19.8 Å². The Hall–Kier alpha value is -1.71. The molecule has 1 aliphatic rings. The minimum absolute atomic E-state index is 0.117. The van der Waals surface area contributed by atoms with Crippen LogP contribution in [0.5, 0.6) is 5.75 Å². The first kappa shape index (κ1) is 13.7. The number of carbonyl (C=O) groups is 1. The van der Waals surface area contributed by atoms with Crippen molar-refractivity contribution >= 4 is 11.7 Å². The van der Waals surface area contributed by atoms with Crippen LogP contribution in [0.25, 0.3) is 0 Å². The fourth-order valence-electron chi connectivity index (χ4n) is 2.28. The third-order valence-corrected chi connectivity index (χ3v) is 3.28. The molecule has 1 fully saturated rings. The molecule has 0 saturated heterocycles. The average molecular weight is 262 g/mol. The summed E-state index contributed by atoms with van der Waals surface area (Å²) in [6.07, 6.45) is 5.61. The van der Waals surface area contributed by atoms with Crippen molar-refractivity contribution in [2.24, 2.45) is 0 Å². The van der Waals surface area contributed by atoms with Crippen molar-refractivity contribution in [1.29, 1.82) is 0 Å². The molecule has 4 nitrogen and oxygen atoms in total. The van der Waals surface area contributed by atoms with Crippen molar-refractivity contribution in [2.75, 3.05) is 11.9 Å². The highest BCUT2D eigenvalue weighted by atomic mass is 16.5. The Bertz CT molecular complexity index is 397. The van der Waals surface area contributed by atoms with Crippen LogP contribution >= 0.6 is 0 Å². The van der Waals surface area contributed by atoms with E-state index in [9.17, 15) is 4.79 Å². The zero-order chi connectivity index (χ0) is 13.5. The smallest absolute Gasteiger partial charge is 0.319 e. The molecule has 0 aromatic heterocycles. The fraction of sp³-hybridized carbons (Fsp3) is 0.533. The number of ether oxygens (including phenoxy) is 1. The van der Waals surface area contributed by atoms with Crippen molar-refractivity contribution in [1.82, 2.24) is 5.32 Å². The largest absolute Gasteiger partial charge is 0.494 e. The molecule has 1 aromatic rings. The second kappa shape index (κ2) is 7.02. The lowest BCUT2D eigenvalue weighted by molar-refractivity contribution is 0.248. The van der Waals surface area contributed by atoms with E-state index in [1.54, 1.807) is 0 Å². The Labute approximate surface area is 114 Å². The molecule has 104 valence electrons. The quantitative estimate of drug-likeness (QED) is 0.852. The van der Waals surface area contributed by atoms with E-state index in [4.69, 9.17) is 4.74 Å². The van der Waals surface area contributed by atoms with E-state index in [0.29, 0.717) is 6.04 Å². The minimum atomic E-state index is -0.117. The Morgan fingerprint density at radius 1 is 1.26 bits per heavy atom. The topological polar surface area (TPSA) is 50.4 Å². The van der Waals surface area contributed by atoms with Gasteiger partial charge in [-0.15, -0.1) is 0 Å². The number of benzene rings is 1. The predicted octanol–water partition coefficient (Wildman–Crippen LogP) is 3.54. The van der Waals surface area contributed by atoms with Gasteiger partial charge in [-0.2, -0.15) is 0 Å². The number of anilines is 1. The van der Waals surface area contributed by atoms with Crippen molar-refractivity contribution in [3.05, 3.63) is 24.3 Å². The molecule has 1 aliphatic carbocycles. The lowest BCUT2D eigenvalue weighted by atomic mass is 10.2. The molecule has 0 spiro atoms. The maximum Gasteiger partial charge on any atom is 0.319 e. The van der Waals surface area contributed by atoms with Gasteiger partial charge in [-0.05, 0) is 43.5 Å². The predicted molar refractivity (Wildman–Crippen MR) is 76.6 cm³/mol. The number of urea groups is 1. The highest BCUT2D eigenvalue weighted by Gasteiger charge is 2.16. The third kappa shape index (κ3) is 4.47. The first-order valence-electron chi connectivity index (χ1n) is 7.08. The summed E-state index contributed by atoms with van der Waals surface area (Å²) >= 11 is 0. The molecule has 0 bridgehead atoms. The van der Waals surface area contributed by atoms with Crippen LogP contribution in [0, 0.1) is 0 Å². The Morgan fingerprint density at radius 3 is 2.58 bits per heavy atom. The van der Waals surface area contributed by atoms with Gasteiger partial charge in [0.05, 0.1) is 6.61 Å². The van der Waals surface area contributed by atoms with Crippen molar-refractivity contribution in [3.8, 4) is 5.75 Å². The molecular formula is C15H22N2O2. The summed E-state index contributed by atoms with van der Waals surface area (Å²) in [6, 6.07) is 7.70. The number of amides is 2. The Kier molecular flexibility index (Phi) is 5.07. The highest BCUT2D eigenvalue weighted by Crippen LogP contribution is 2.18. The minimum Gasteiger partial charge on any atom is -0.494 e. The summed E-state index contributed by atoms with van der Waals surface area (Å²) in [4.78, 5) is 11.8. The first-order valence-corrected chi connectivity index (χ1v) is 7.08. The molecule has 1 aromatic carbocycles. The van der Waals surface area contributed by atoms with Crippen LogP contribution in [0.4, 0.5) is 10.5 Å². The highest BCUT2D eigenvalue weighted by molar-refractivity contribution is 5.89. The van der Waals surface area contributed by atoms with Crippen molar-refractivity contribution < 1.29 is 9.53 Å². The van der Waals surface area contributed by atoms with Gasteiger partial charge < -0.3 is 15.4 Å². The molecule has 0 heterocycles. The molecule has 19 heavy (non-hydrogen) atoms. The molecule has 0 aliphatic heterocycles. The molecule has 2 amide bonds. The normalized spacial score (nSPS) is 15.2. The molecular weight excluding hydrogens is 240 g/mol. The van der Waals surface area contributed by atoms with E-state index in [1.165, 1.54) is 12.8 Å². The van der Waals surface area contributed by atoms with Crippen LogP contribution in [0.1, 0.15) is 39.0 Å². The third-order valence-electron chi connectivity index (χ3n) is 3.28. The molecule has 0 atom stereocenters. The van der Waals surface area contributed by atoms with E-state index >= 15 is 0 Å². The van der Waals surface area contributed by atoms with Gasteiger partial charge in [0.25, 0.3) is 0 Å². The molecule has 0 unspecified atom stereocenters. The van der Waals surface area contributed by atoms with Gasteiger partial charge in [-0.3, -0.25) is 0 Å². The van der Waals surface area contributed by atoms with Gasteiger partial charge in [0.1, 0.15) is 5.75 Å². The number of hydrogen-bond donors (Lipinski definition) is 2. The number of hydrogen-bond acceptors (Lipinski definition) is 2. The zero-order valence-corrected chi connectivity index (χ0v) is 11.4. The molecule has 1 saturated carbocycles. The lowest BCUT2D eigenvalue weighted by Crippen LogP contribution is -2.36. The summed E-state index contributed by atoms with van der Waals surface area (Å²) < 4.78 is 5.49. The lowest BCUT2D eigenvalue weighted by Gasteiger charge is -2.13. The summed E-state index contributed by atoms with van der Waals surface area (Å²) in [7, 11) is 0. The average Bonchev–Trinajstić information content (AvgIpc) is 2.90. The van der Waals surface area contributed by atoms with E-state index in [2.05, 4.69) is 17.6 Å². The molecule has 4 heteroatoms. The van der Waals surface area contributed by atoms with Gasteiger partial charge >= 0.3 is 6.03 Å². The first-order chi connectivity index (χ1) is 9.28. The second-order valence-electron chi connectivity index (χ2n) is 4.95. The number of carbonyl (C=O) groups excluding carboxylic acids is 1. The summed E-state index contributed by atoms with van der Waals surface area (Å²) in [6.45, 7) is 2.79. The molecule has 2 N–H and O–H groups in total. The van der Waals surface area contributed by atoms with Gasteiger partial charge in [0, 0.05) is 11.7 Å². The van der Waals surface area contributed by atoms with Crippen LogP contribution in [-0.4, -0.2) is 18.7 Å². The Balaban J connectivity index is 1.79. The van der Waals surface area contributed by atoms with E-state index < -0.39 is 0 Å². The van der Waals surface area contributed by atoms with Crippen molar-refractivity contribution in [2.45, 2.75) is 45.1 Å². The van der Waals surface area contributed by atoms with Crippen LogP contribution in [0.3, 0.4) is 0 Å².